The van der Waals surface area contributed by atoms with Crippen molar-refractivity contribution in [3.63, 3.8) is 0 Å². The van der Waals surface area contributed by atoms with Gasteiger partial charge in [-0.3, -0.25) is 4.90 Å². The third-order valence-corrected chi connectivity index (χ3v) is 4.58. The van der Waals surface area contributed by atoms with E-state index in [0.29, 0.717) is 0 Å². The molecular formula is C12H26N2S. The summed E-state index contributed by atoms with van der Waals surface area (Å²) in [5.74, 6) is 1.31. The molecule has 1 fully saturated rings. The summed E-state index contributed by atoms with van der Waals surface area (Å²) in [7, 11) is 0. The molecule has 1 heterocycles. The molecule has 0 aromatic carbocycles. The molecular weight excluding hydrogens is 204 g/mol. The third-order valence-electron chi connectivity index (χ3n) is 3.24. The molecule has 0 aromatic rings. The minimum Gasteiger partial charge on any atom is -0.317 e. The molecule has 2 unspecified atom stereocenters. The molecule has 1 rings (SSSR count). The lowest BCUT2D eigenvalue weighted by molar-refractivity contribution is 0.210. The van der Waals surface area contributed by atoms with E-state index in [1.165, 1.54) is 44.8 Å². The van der Waals surface area contributed by atoms with Crippen molar-refractivity contribution in [2.24, 2.45) is 0 Å². The lowest BCUT2D eigenvalue weighted by atomic mass is 10.2. The third kappa shape index (κ3) is 4.75. The Morgan fingerprint density at radius 3 is 2.87 bits per heavy atom. The van der Waals surface area contributed by atoms with E-state index in [-0.39, 0.29) is 0 Å². The first-order chi connectivity index (χ1) is 7.25. The van der Waals surface area contributed by atoms with Crippen molar-refractivity contribution >= 4 is 11.8 Å². The van der Waals surface area contributed by atoms with Crippen LogP contribution in [0.2, 0.25) is 0 Å². The van der Waals surface area contributed by atoms with Crippen molar-refractivity contribution in [1.29, 1.82) is 0 Å². The van der Waals surface area contributed by atoms with Crippen LogP contribution in [0, 0.1) is 0 Å². The first-order valence-electron chi connectivity index (χ1n) is 6.32. The maximum absolute atomic E-state index is 3.47. The Morgan fingerprint density at radius 1 is 1.33 bits per heavy atom. The Hall–Kier alpha value is 0.270. The largest absolute Gasteiger partial charge is 0.317 e. The number of hydrogen-bond donors (Lipinski definition) is 1. The topological polar surface area (TPSA) is 15.3 Å². The van der Waals surface area contributed by atoms with Gasteiger partial charge in [0.2, 0.25) is 0 Å². The van der Waals surface area contributed by atoms with E-state index >= 15 is 0 Å². The second-order valence-electron chi connectivity index (χ2n) is 4.46. The van der Waals surface area contributed by atoms with E-state index in [1.807, 2.05) is 0 Å². The highest BCUT2D eigenvalue weighted by molar-refractivity contribution is 8.00. The Balaban J connectivity index is 2.09. The van der Waals surface area contributed by atoms with Gasteiger partial charge in [-0.15, -0.1) is 0 Å². The van der Waals surface area contributed by atoms with Gasteiger partial charge in [-0.25, -0.2) is 0 Å². The van der Waals surface area contributed by atoms with Crippen LogP contribution < -0.4 is 5.32 Å². The Bertz CT molecular complexity index is 164. The summed E-state index contributed by atoms with van der Waals surface area (Å²) in [6.07, 6.45) is 2.54. The monoisotopic (exact) mass is 230 g/mol. The van der Waals surface area contributed by atoms with Crippen LogP contribution in [0.15, 0.2) is 0 Å². The lowest BCUT2D eigenvalue weighted by Crippen LogP contribution is -2.45. The molecule has 1 saturated heterocycles. The number of thioether (sulfide) groups is 1. The van der Waals surface area contributed by atoms with E-state index in [0.717, 1.165) is 11.3 Å². The Labute approximate surface area is 99.2 Å². The molecule has 1 aliphatic heterocycles. The summed E-state index contributed by atoms with van der Waals surface area (Å²) in [6, 6.07) is 0.759. The molecule has 0 radical (unpaired) electrons. The predicted molar refractivity (Wildman–Crippen MR) is 70.7 cm³/mol. The fraction of sp³-hybridized carbons (Fsp3) is 1.00. The molecule has 2 atom stereocenters. The van der Waals surface area contributed by atoms with Gasteiger partial charge in [0, 0.05) is 23.6 Å². The van der Waals surface area contributed by atoms with Gasteiger partial charge in [0.25, 0.3) is 0 Å². The van der Waals surface area contributed by atoms with Crippen molar-refractivity contribution in [3.8, 4) is 0 Å². The van der Waals surface area contributed by atoms with E-state index in [9.17, 15) is 0 Å². The van der Waals surface area contributed by atoms with E-state index in [1.54, 1.807) is 0 Å². The second-order valence-corrected chi connectivity index (χ2v) is 5.94. The van der Waals surface area contributed by atoms with Gasteiger partial charge >= 0.3 is 0 Å². The molecule has 2 nitrogen and oxygen atoms in total. The van der Waals surface area contributed by atoms with Gasteiger partial charge in [-0.2, -0.15) is 11.8 Å². The van der Waals surface area contributed by atoms with Crippen molar-refractivity contribution in [2.75, 3.05) is 31.9 Å². The molecule has 90 valence electrons. The zero-order chi connectivity index (χ0) is 11.1. The zero-order valence-electron chi connectivity index (χ0n) is 10.5. The summed E-state index contributed by atoms with van der Waals surface area (Å²) >= 11 is 2.12. The van der Waals surface area contributed by atoms with Crippen molar-refractivity contribution < 1.29 is 0 Å². The zero-order valence-corrected chi connectivity index (χ0v) is 11.3. The van der Waals surface area contributed by atoms with Gasteiger partial charge in [0.1, 0.15) is 0 Å². The number of nitrogens with one attached hydrogen (secondary N) is 1. The summed E-state index contributed by atoms with van der Waals surface area (Å²) in [6.45, 7) is 11.8. The van der Waals surface area contributed by atoms with E-state index in [4.69, 9.17) is 0 Å². The highest BCUT2D eigenvalue weighted by Gasteiger charge is 2.24. The SMILES string of the molecule is CCCNCCCN1CCSC(C)C1C. The van der Waals surface area contributed by atoms with E-state index in [2.05, 4.69) is 42.7 Å². The second kappa shape index (κ2) is 7.53. The number of nitrogens with zero attached hydrogens (tertiary/aromatic N) is 1. The molecule has 0 bridgehead atoms. The fourth-order valence-corrected chi connectivity index (χ4v) is 3.18. The number of rotatable bonds is 6. The summed E-state index contributed by atoms with van der Waals surface area (Å²) in [5.41, 5.74) is 0. The van der Waals surface area contributed by atoms with Crippen LogP contribution in [0.25, 0.3) is 0 Å². The van der Waals surface area contributed by atoms with Crippen LogP contribution in [0.1, 0.15) is 33.6 Å². The van der Waals surface area contributed by atoms with Crippen molar-refractivity contribution in [2.45, 2.75) is 44.9 Å². The molecule has 15 heavy (non-hydrogen) atoms. The Morgan fingerprint density at radius 2 is 2.13 bits per heavy atom. The minimum atomic E-state index is 0.759. The highest BCUT2D eigenvalue weighted by Crippen LogP contribution is 2.23. The standard InChI is InChI=1S/C12H26N2S/c1-4-6-13-7-5-8-14-9-10-15-12(3)11(14)2/h11-13H,4-10H2,1-3H3. The van der Waals surface area contributed by atoms with Gasteiger partial charge in [0.05, 0.1) is 0 Å². The minimum absolute atomic E-state index is 0.759. The van der Waals surface area contributed by atoms with Crippen molar-refractivity contribution in [1.82, 2.24) is 10.2 Å². The molecule has 0 aromatic heterocycles. The van der Waals surface area contributed by atoms with Crippen LogP contribution in [-0.2, 0) is 0 Å². The van der Waals surface area contributed by atoms with E-state index < -0.39 is 0 Å². The summed E-state index contributed by atoms with van der Waals surface area (Å²) in [5, 5.41) is 4.28. The van der Waals surface area contributed by atoms with Gasteiger partial charge in [0.15, 0.2) is 0 Å². The van der Waals surface area contributed by atoms with Crippen LogP contribution in [0.4, 0.5) is 0 Å². The predicted octanol–water partition coefficient (Wildman–Crippen LogP) is 2.20. The molecule has 0 spiro atoms. The van der Waals surface area contributed by atoms with Gasteiger partial charge < -0.3 is 5.32 Å². The molecule has 1 N–H and O–H groups in total. The normalized spacial score (nSPS) is 28.2. The van der Waals surface area contributed by atoms with Gasteiger partial charge in [-0.1, -0.05) is 13.8 Å². The maximum Gasteiger partial charge on any atom is 0.0184 e. The average molecular weight is 230 g/mol. The maximum atomic E-state index is 3.47. The molecule has 0 aliphatic carbocycles. The average Bonchev–Trinajstić information content (AvgIpc) is 2.24. The smallest absolute Gasteiger partial charge is 0.0184 e. The van der Waals surface area contributed by atoms with Gasteiger partial charge in [-0.05, 0) is 39.4 Å². The summed E-state index contributed by atoms with van der Waals surface area (Å²) < 4.78 is 0. The summed E-state index contributed by atoms with van der Waals surface area (Å²) in [4.78, 5) is 2.65. The van der Waals surface area contributed by atoms with Crippen molar-refractivity contribution in [3.05, 3.63) is 0 Å². The molecule has 0 amide bonds. The fourth-order valence-electron chi connectivity index (χ4n) is 2.02. The van der Waals surface area contributed by atoms with Crippen LogP contribution in [0.3, 0.4) is 0 Å². The number of hydrogen-bond acceptors (Lipinski definition) is 3. The molecule has 0 saturated carbocycles. The van der Waals surface area contributed by atoms with Crippen LogP contribution >= 0.6 is 11.8 Å². The molecule has 1 aliphatic rings. The Kier molecular flexibility index (Phi) is 6.69. The lowest BCUT2D eigenvalue weighted by Gasteiger charge is -2.37. The first-order valence-corrected chi connectivity index (χ1v) is 7.37. The van der Waals surface area contributed by atoms with Crippen LogP contribution in [0.5, 0.6) is 0 Å². The first kappa shape index (κ1) is 13.3. The quantitative estimate of drug-likeness (QED) is 0.704. The molecule has 3 heteroatoms. The highest BCUT2D eigenvalue weighted by atomic mass is 32.2. The van der Waals surface area contributed by atoms with Crippen LogP contribution in [-0.4, -0.2) is 48.1 Å².